The third-order valence-electron chi connectivity index (χ3n) is 4.05. The number of rotatable bonds is 5. The molecule has 10 nitrogen and oxygen atoms in total. The smallest absolute Gasteiger partial charge is 0.328 e. The van der Waals surface area contributed by atoms with Crippen LogP contribution in [-0.4, -0.2) is 58.1 Å². The summed E-state index contributed by atoms with van der Waals surface area (Å²) < 4.78 is 11.3. The lowest BCUT2D eigenvalue weighted by molar-refractivity contribution is -0.150. The number of aryl methyl sites for hydroxylation is 1. The van der Waals surface area contributed by atoms with E-state index in [0.29, 0.717) is 5.56 Å². The van der Waals surface area contributed by atoms with Crippen LogP contribution in [0.5, 0.6) is 0 Å². The molecule has 2 unspecified atom stereocenters. The normalized spacial score (nSPS) is 19.3. The first-order valence-corrected chi connectivity index (χ1v) is 8.06. The van der Waals surface area contributed by atoms with Crippen molar-refractivity contribution in [1.82, 2.24) is 14.5 Å². The molecular formula is C16H21N3O7. The number of nitrogens with one attached hydrogen (secondary N) is 1. The highest BCUT2D eigenvalue weighted by Gasteiger charge is 2.38. The van der Waals surface area contributed by atoms with Crippen LogP contribution in [-0.2, 0) is 30.4 Å². The number of hydrogen-bond donors (Lipinski definition) is 1. The fourth-order valence-electron chi connectivity index (χ4n) is 2.76. The Hall–Kier alpha value is -2.91. The van der Waals surface area contributed by atoms with Crippen molar-refractivity contribution in [2.24, 2.45) is 5.92 Å². The Balaban J connectivity index is 2.10. The van der Waals surface area contributed by atoms with Crippen LogP contribution >= 0.6 is 0 Å². The van der Waals surface area contributed by atoms with Crippen LogP contribution in [0.2, 0.25) is 0 Å². The highest BCUT2D eigenvalue weighted by Crippen LogP contribution is 2.21. The number of likely N-dealkylation sites (tertiary alicyclic amines) is 1. The van der Waals surface area contributed by atoms with E-state index in [1.807, 2.05) is 0 Å². The van der Waals surface area contributed by atoms with Crippen LogP contribution in [0.25, 0.3) is 0 Å². The Bertz CT molecular complexity index is 826. The van der Waals surface area contributed by atoms with Gasteiger partial charge < -0.3 is 14.4 Å². The fourth-order valence-corrected chi connectivity index (χ4v) is 2.76. The lowest BCUT2D eigenvalue weighted by atomic mass is 10.1. The van der Waals surface area contributed by atoms with E-state index in [-0.39, 0.29) is 38.1 Å². The van der Waals surface area contributed by atoms with Crippen molar-refractivity contribution in [3.05, 3.63) is 32.6 Å². The molecule has 142 valence electrons. The average molecular weight is 367 g/mol. The molecule has 26 heavy (non-hydrogen) atoms. The quantitative estimate of drug-likeness (QED) is 0.647. The van der Waals surface area contributed by atoms with Crippen molar-refractivity contribution in [1.29, 1.82) is 0 Å². The van der Waals surface area contributed by atoms with Crippen molar-refractivity contribution >= 4 is 17.8 Å². The summed E-state index contributed by atoms with van der Waals surface area (Å²) in [5, 5.41) is 0. The zero-order valence-corrected chi connectivity index (χ0v) is 14.8. The Kier molecular flexibility index (Phi) is 5.96. The third-order valence-corrected chi connectivity index (χ3v) is 4.05. The molecule has 2 heterocycles. The molecule has 1 N–H and O–H groups in total. The number of H-pyrrole nitrogens is 1. The molecule has 0 bridgehead atoms. The molecule has 1 aliphatic rings. The first-order chi connectivity index (χ1) is 12.2. The van der Waals surface area contributed by atoms with Crippen LogP contribution in [0.4, 0.5) is 0 Å². The Morgan fingerprint density at radius 1 is 1.19 bits per heavy atom. The molecule has 0 radical (unpaired) electrons. The molecule has 0 spiro atoms. The van der Waals surface area contributed by atoms with E-state index < -0.39 is 29.3 Å². The minimum Gasteiger partial charge on any atom is -0.465 e. The van der Waals surface area contributed by atoms with E-state index in [0.717, 1.165) is 4.57 Å². The molecule has 0 aliphatic carbocycles. The number of amides is 1. The zero-order valence-electron chi connectivity index (χ0n) is 14.8. The highest BCUT2D eigenvalue weighted by atomic mass is 16.6. The monoisotopic (exact) mass is 367 g/mol. The molecule has 1 fully saturated rings. The minimum absolute atomic E-state index is 0.0226. The number of aromatic amines is 1. The topological polar surface area (TPSA) is 128 Å². The van der Waals surface area contributed by atoms with E-state index in [1.54, 1.807) is 0 Å². The van der Waals surface area contributed by atoms with Crippen molar-refractivity contribution in [2.75, 3.05) is 19.7 Å². The highest BCUT2D eigenvalue weighted by molar-refractivity contribution is 5.76. The van der Waals surface area contributed by atoms with Crippen molar-refractivity contribution < 1.29 is 23.9 Å². The van der Waals surface area contributed by atoms with Gasteiger partial charge in [-0.05, 0) is 6.92 Å². The second kappa shape index (κ2) is 7.98. The predicted octanol–water partition coefficient (Wildman–Crippen LogP) is -1.20. The Morgan fingerprint density at radius 3 is 2.50 bits per heavy atom. The van der Waals surface area contributed by atoms with Gasteiger partial charge in [0.15, 0.2) is 0 Å². The van der Waals surface area contributed by atoms with E-state index >= 15 is 0 Å². The Labute approximate surface area is 148 Å². The molecule has 0 aromatic carbocycles. The number of aromatic nitrogens is 2. The van der Waals surface area contributed by atoms with E-state index in [9.17, 15) is 24.0 Å². The minimum atomic E-state index is -0.679. The molecular weight excluding hydrogens is 346 g/mol. The molecule has 0 saturated carbocycles. The number of nitrogens with zero attached hydrogens (tertiary/aromatic N) is 2. The molecule has 1 amide bonds. The summed E-state index contributed by atoms with van der Waals surface area (Å²) in [6.07, 6.45) is 0.722. The van der Waals surface area contributed by atoms with E-state index in [4.69, 9.17) is 9.47 Å². The molecule has 2 atom stereocenters. The number of esters is 2. The number of carbonyl (C=O) groups excluding carboxylic acids is 3. The molecule has 1 aromatic rings. The van der Waals surface area contributed by atoms with Gasteiger partial charge in [-0.25, -0.2) is 4.79 Å². The van der Waals surface area contributed by atoms with Crippen LogP contribution in [0, 0.1) is 12.8 Å². The fraction of sp³-hybridized carbons (Fsp3) is 0.562. The number of carbonyl (C=O) groups is 3. The van der Waals surface area contributed by atoms with Gasteiger partial charge in [0, 0.05) is 38.1 Å². The first-order valence-electron chi connectivity index (χ1n) is 8.06. The number of hydrogen-bond acceptors (Lipinski definition) is 7. The molecule has 10 heteroatoms. The summed E-state index contributed by atoms with van der Waals surface area (Å²) in [4.78, 5) is 61.5. The van der Waals surface area contributed by atoms with Gasteiger partial charge in [0.05, 0.1) is 13.2 Å². The Morgan fingerprint density at radius 2 is 1.88 bits per heavy atom. The van der Waals surface area contributed by atoms with Crippen molar-refractivity contribution in [2.45, 2.75) is 33.4 Å². The van der Waals surface area contributed by atoms with Gasteiger partial charge in [-0.3, -0.25) is 28.7 Å². The van der Waals surface area contributed by atoms with Crippen LogP contribution in [0.15, 0.2) is 15.8 Å². The summed E-state index contributed by atoms with van der Waals surface area (Å²) in [6, 6.07) is 0. The van der Waals surface area contributed by atoms with Gasteiger partial charge in [-0.15, -0.1) is 0 Å². The lowest BCUT2D eigenvalue weighted by Gasteiger charge is -2.17. The van der Waals surface area contributed by atoms with E-state index in [2.05, 4.69) is 4.98 Å². The predicted molar refractivity (Wildman–Crippen MR) is 88.3 cm³/mol. The summed E-state index contributed by atoms with van der Waals surface area (Å²) in [6.45, 7) is 4.18. The third kappa shape index (κ3) is 4.80. The van der Waals surface area contributed by atoms with Gasteiger partial charge in [-0.1, -0.05) is 0 Å². The summed E-state index contributed by atoms with van der Waals surface area (Å²) in [7, 11) is 0. The van der Waals surface area contributed by atoms with Crippen molar-refractivity contribution in [3.63, 3.8) is 0 Å². The summed E-state index contributed by atoms with van der Waals surface area (Å²) in [5.41, 5.74) is -0.873. The molecule has 1 aromatic heterocycles. The van der Waals surface area contributed by atoms with Gasteiger partial charge in [-0.2, -0.15) is 0 Å². The van der Waals surface area contributed by atoms with Gasteiger partial charge in [0.2, 0.25) is 5.91 Å². The van der Waals surface area contributed by atoms with Gasteiger partial charge >= 0.3 is 17.6 Å². The second-order valence-electron chi connectivity index (χ2n) is 6.21. The summed E-state index contributed by atoms with van der Waals surface area (Å²) in [5.74, 6) is -1.68. The van der Waals surface area contributed by atoms with Gasteiger partial charge in [0.25, 0.3) is 5.56 Å². The van der Waals surface area contributed by atoms with Crippen LogP contribution in [0.3, 0.4) is 0 Å². The van der Waals surface area contributed by atoms with Crippen molar-refractivity contribution in [3.8, 4) is 0 Å². The maximum atomic E-state index is 12.5. The van der Waals surface area contributed by atoms with Gasteiger partial charge in [0.1, 0.15) is 12.6 Å². The van der Waals surface area contributed by atoms with Crippen LogP contribution < -0.4 is 11.2 Å². The standard InChI is InChI=1S/C16H21N3O7/c1-9-4-19(16(24)17-15(9)23)7-14(22)18-5-12(8-25-10(2)20)13(6-18)26-11(3)21/h4,12-13H,5-8H2,1-3H3,(H,17,23,24). The average Bonchev–Trinajstić information content (AvgIpc) is 2.92. The SMILES string of the molecule is CC(=O)OCC1CN(C(=O)Cn2cc(C)c(=O)[nH]c2=O)CC1OC(C)=O. The maximum Gasteiger partial charge on any atom is 0.328 e. The number of ether oxygens (including phenoxy) is 2. The maximum absolute atomic E-state index is 12.5. The largest absolute Gasteiger partial charge is 0.465 e. The molecule has 1 aliphatic heterocycles. The lowest BCUT2D eigenvalue weighted by Crippen LogP contribution is -2.38. The molecule has 1 saturated heterocycles. The summed E-state index contributed by atoms with van der Waals surface area (Å²) >= 11 is 0. The first kappa shape index (κ1) is 19.4. The van der Waals surface area contributed by atoms with Crippen LogP contribution in [0.1, 0.15) is 19.4 Å². The second-order valence-corrected chi connectivity index (χ2v) is 6.21. The molecule has 2 rings (SSSR count). The zero-order chi connectivity index (χ0) is 19.4. The van der Waals surface area contributed by atoms with E-state index in [1.165, 1.54) is 31.9 Å².